The number of nitrogens with one attached hydrogen (secondary N) is 1. The zero-order chi connectivity index (χ0) is 13.6. The second kappa shape index (κ2) is 6.39. The zero-order valence-corrected chi connectivity index (χ0v) is 11.1. The van der Waals surface area contributed by atoms with Gasteiger partial charge in [0.15, 0.2) is 6.29 Å². The number of hydrogen-bond acceptors (Lipinski definition) is 4. The molecule has 0 saturated heterocycles. The molecule has 2 N–H and O–H groups in total. The Balaban J connectivity index is 2.45. The number of hydrogen-bond donors (Lipinski definition) is 2. The molecule has 4 heteroatoms. The molecule has 0 saturated carbocycles. The number of rotatable bonds is 5. The third kappa shape index (κ3) is 5.17. The van der Waals surface area contributed by atoms with Crippen LogP contribution in [0.15, 0.2) is 24.3 Å². The summed E-state index contributed by atoms with van der Waals surface area (Å²) in [6.45, 7) is 6.83. The molecule has 1 rings (SSSR count). The van der Waals surface area contributed by atoms with Crippen molar-refractivity contribution >= 4 is 0 Å². The second-order valence-corrected chi connectivity index (χ2v) is 5.15. The summed E-state index contributed by atoms with van der Waals surface area (Å²) in [5.41, 5.74) is 0.449. The standard InChI is InChI=1S/C14H20N2O2/c1-14(2,3)16-9-8-13(17)18-12-7-5-4-6-11(12)10-15/h4-7,13,16-17H,8-9H2,1-3H3. The Hall–Kier alpha value is -1.57. The van der Waals surface area contributed by atoms with E-state index in [9.17, 15) is 5.11 Å². The molecule has 0 fully saturated rings. The summed E-state index contributed by atoms with van der Waals surface area (Å²) in [7, 11) is 0. The maximum absolute atomic E-state index is 9.75. The van der Waals surface area contributed by atoms with E-state index < -0.39 is 6.29 Å². The van der Waals surface area contributed by atoms with Gasteiger partial charge in [-0.15, -0.1) is 0 Å². The summed E-state index contributed by atoms with van der Waals surface area (Å²) in [4.78, 5) is 0. The molecule has 0 aliphatic rings. The summed E-state index contributed by atoms with van der Waals surface area (Å²) < 4.78 is 5.34. The second-order valence-electron chi connectivity index (χ2n) is 5.15. The fourth-order valence-electron chi connectivity index (χ4n) is 1.44. The van der Waals surface area contributed by atoms with Gasteiger partial charge in [-0.05, 0) is 32.9 Å². The van der Waals surface area contributed by atoms with Gasteiger partial charge in [-0.2, -0.15) is 5.26 Å². The van der Waals surface area contributed by atoms with Gasteiger partial charge >= 0.3 is 0 Å². The summed E-state index contributed by atoms with van der Waals surface area (Å²) in [5, 5.41) is 21.9. The van der Waals surface area contributed by atoms with E-state index in [-0.39, 0.29) is 5.54 Å². The molecule has 0 spiro atoms. The smallest absolute Gasteiger partial charge is 0.198 e. The summed E-state index contributed by atoms with van der Waals surface area (Å²) >= 11 is 0. The molecule has 0 aromatic heterocycles. The van der Waals surface area contributed by atoms with Crippen molar-refractivity contribution in [1.82, 2.24) is 5.32 Å². The third-order valence-corrected chi connectivity index (χ3v) is 2.32. The monoisotopic (exact) mass is 248 g/mol. The van der Waals surface area contributed by atoms with Gasteiger partial charge in [0.1, 0.15) is 11.8 Å². The predicted octanol–water partition coefficient (Wildman–Crippen LogP) is 2.03. The van der Waals surface area contributed by atoms with Gasteiger partial charge in [-0.3, -0.25) is 0 Å². The van der Waals surface area contributed by atoms with Gasteiger partial charge in [-0.1, -0.05) is 12.1 Å². The number of benzene rings is 1. The van der Waals surface area contributed by atoms with Crippen molar-refractivity contribution in [3.05, 3.63) is 29.8 Å². The van der Waals surface area contributed by atoms with E-state index in [1.54, 1.807) is 24.3 Å². The van der Waals surface area contributed by atoms with Gasteiger partial charge < -0.3 is 15.2 Å². The lowest BCUT2D eigenvalue weighted by atomic mass is 10.1. The predicted molar refractivity (Wildman–Crippen MR) is 70.2 cm³/mol. The molecular weight excluding hydrogens is 228 g/mol. The van der Waals surface area contributed by atoms with E-state index >= 15 is 0 Å². The van der Waals surface area contributed by atoms with Crippen molar-refractivity contribution in [1.29, 1.82) is 5.26 Å². The first-order chi connectivity index (χ1) is 8.42. The Kier molecular flexibility index (Phi) is 5.14. The van der Waals surface area contributed by atoms with E-state index in [1.165, 1.54) is 0 Å². The number of ether oxygens (including phenoxy) is 1. The van der Waals surface area contributed by atoms with Gasteiger partial charge in [-0.25, -0.2) is 0 Å². The highest BCUT2D eigenvalue weighted by Gasteiger charge is 2.12. The average molecular weight is 248 g/mol. The quantitative estimate of drug-likeness (QED) is 0.783. The third-order valence-electron chi connectivity index (χ3n) is 2.32. The first kappa shape index (κ1) is 14.5. The molecule has 4 nitrogen and oxygen atoms in total. The Morgan fingerprint density at radius 3 is 2.67 bits per heavy atom. The zero-order valence-electron chi connectivity index (χ0n) is 11.1. The Labute approximate surface area is 108 Å². The van der Waals surface area contributed by atoms with Crippen LogP contribution in [0.4, 0.5) is 0 Å². The Morgan fingerprint density at radius 2 is 2.06 bits per heavy atom. The molecule has 0 heterocycles. The minimum Gasteiger partial charge on any atom is -0.464 e. The van der Waals surface area contributed by atoms with Crippen LogP contribution in [0, 0.1) is 11.3 Å². The molecule has 1 unspecified atom stereocenters. The summed E-state index contributed by atoms with van der Waals surface area (Å²) in [6, 6.07) is 8.91. The fraction of sp³-hybridized carbons (Fsp3) is 0.500. The van der Waals surface area contributed by atoms with Crippen LogP contribution in [0.2, 0.25) is 0 Å². The fourth-order valence-corrected chi connectivity index (χ4v) is 1.44. The van der Waals surface area contributed by atoms with Gasteiger partial charge in [0.05, 0.1) is 5.56 Å². The van der Waals surface area contributed by atoms with Crippen LogP contribution in [0.1, 0.15) is 32.8 Å². The number of aliphatic hydroxyl groups is 1. The Morgan fingerprint density at radius 1 is 1.39 bits per heavy atom. The van der Waals surface area contributed by atoms with E-state index in [1.807, 2.05) is 6.07 Å². The maximum atomic E-state index is 9.75. The average Bonchev–Trinajstić information content (AvgIpc) is 2.28. The molecule has 0 amide bonds. The van der Waals surface area contributed by atoms with E-state index in [4.69, 9.17) is 10.00 Å². The van der Waals surface area contributed by atoms with Crippen molar-refractivity contribution in [3.8, 4) is 11.8 Å². The number of aliphatic hydroxyl groups excluding tert-OH is 1. The number of para-hydroxylation sites is 1. The summed E-state index contributed by atoms with van der Waals surface area (Å²) in [6.07, 6.45) is -0.439. The molecule has 0 aliphatic carbocycles. The molecular formula is C14H20N2O2. The topological polar surface area (TPSA) is 65.3 Å². The molecule has 1 aromatic carbocycles. The lowest BCUT2D eigenvalue weighted by Gasteiger charge is -2.22. The lowest BCUT2D eigenvalue weighted by molar-refractivity contribution is -0.0233. The van der Waals surface area contributed by atoms with Crippen molar-refractivity contribution in [3.63, 3.8) is 0 Å². The van der Waals surface area contributed by atoms with Crippen LogP contribution in [0.25, 0.3) is 0 Å². The van der Waals surface area contributed by atoms with Crippen molar-refractivity contribution in [2.75, 3.05) is 6.54 Å². The normalized spacial score (nSPS) is 12.8. The van der Waals surface area contributed by atoms with Crippen LogP contribution in [0.5, 0.6) is 5.75 Å². The molecule has 0 radical (unpaired) electrons. The molecule has 18 heavy (non-hydrogen) atoms. The van der Waals surface area contributed by atoms with Crippen molar-refractivity contribution in [2.45, 2.75) is 39.0 Å². The minimum atomic E-state index is -0.908. The first-order valence-corrected chi connectivity index (χ1v) is 6.01. The van der Waals surface area contributed by atoms with Gasteiger partial charge in [0.25, 0.3) is 0 Å². The molecule has 98 valence electrons. The van der Waals surface area contributed by atoms with E-state index in [0.29, 0.717) is 24.3 Å². The Bertz CT molecular complexity index is 419. The highest BCUT2D eigenvalue weighted by molar-refractivity contribution is 5.42. The molecule has 0 bridgehead atoms. The largest absolute Gasteiger partial charge is 0.464 e. The van der Waals surface area contributed by atoms with Crippen LogP contribution in [0.3, 0.4) is 0 Å². The van der Waals surface area contributed by atoms with E-state index in [0.717, 1.165) is 0 Å². The van der Waals surface area contributed by atoms with Gasteiger partial charge in [0, 0.05) is 18.5 Å². The summed E-state index contributed by atoms with van der Waals surface area (Å²) in [5.74, 6) is 0.420. The van der Waals surface area contributed by atoms with E-state index in [2.05, 4.69) is 26.1 Å². The molecule has 1 atom stereocenters. The minimum absolute atomic E-state index is 0.0181. The highest BCUT2D eigenvalue weighted by Crippen LogP contribution is 2.18. The van der Waals surface area contributed by atoms with Crippen LogP contribution < -0.4 is 10.1 Å². The number of nitrogens with zero attached hydrogens (tertiary/aromatic N) is 1. The van der Waals surface area contributed by atoms with Crippen LogP contribution in [-0.2, 0) is 0 Å². The number of nitriles is 1. The highest BCUT2D eigenvalue weighted by atomic mass is 16.6. The lowest BCUT2D eigenvalue weighted by Crippen LogP contribution is -2.38. The molecule has 0 aliphatic heterocycles. The van der Waals surface area contributed by atoms with Crippen molar-refractivity contribution in [2.24, 2.45) is 0 Å². The van der Waals surface area contributed by atoms with Crippen LogP contribution >= 0.6 is 0 Å². The van der Waals surface area contributed by atoms with Gasteiger partial charge in [0.2, 0.25) is 0 Å². The maximum Gasteiger partial charge on any atom is 0.198 e. The SMILES string of the molecule is CC(C)(C)NCCC(O)Oc1ccccc1C#N. The van der Waals surface area contributed by atoms with Crippen LogP contribution in [-0.4, -0.2) is 23.5 Å². The first-order valence-electron chi connectivity index (χ1n) is 6.01. The van der Waals surface area contributed by atoms with Crippen molar-refractivity contribution < 1.29 is 9.84 Å². The molecule has 1 aromatic rings.